The molecule has 0 bridgehead atoms. The normalized spacial score (nSPS) is 17.5. The number of amides is 1. The molecule has 1 saturated heterocycles. The van der Waals surface area contributed by atoms with E-state index in [2.05, 4.69) is 4.98 Å². The number of nitrogens with zero attached hydrogens (tertiary/aromatic N) is 1. The number of ketones is 1. The zero-order chi connectivity index (χ0) is 24.0. The van der Waals surface area contributed by atoms with Gasteiger partial charge in [-0.2, -0.15) is 0 Å². The average molecular weight is 473 g/mol. The Labute approximate surface area is 201 Å². The highest BCUT2D eigenvalue weighted by Gasteiger charge is 2.48. The third-order valence-electron chi connectivity index (χ3n) is 6.15. The molecule has 0 saturated carbocycles. The number of carbonyl (C=O) groups is 2. The van der Waals surface area contributed by atoms with Crippen LogP contribution in [-0.4, -0.2) is 28.9 Å². The van der Waals surface area contributed by atoms with Gasteiger partial charge in [0.1, 0.15) is 11.5 Å². The van der Waals surface area contributed by atoms with Crippen molar-refractivity contribution >= 4 is 45.6 Å². The van der Waals surface area contributed by atoms with Crippen LogP contribution >= 0.6 is 11.6 Å². The molecule has 1 aliphatic heterocycles. The molecule has 0 aliphatic carbocycles. The van der Waals surface area contributed by atoms with Crippen LogP contribution in [0, 0.1) is 6.92 Å². The van der Waals surface area contributed by atoms with Gasteiger partial charge in [-0.15, -0.1) is 0 Å². The number of fused-ring (bicyclic) bond motifs is 1. The van der Waals surface area contributed by atoms with E-state index in [1.165, 1.54) is 18.1 Å². The lowest BCUT2D eigenvalue weighted by atomic mass is 9.94. The van der Waals surface area contributed by atoms with Crippen LogP contribution in [-0.2, 0) is 9.59 Å². The molecule has 1 amide bonds. The number of aliphatic hydroxyl groups excluding tert-OH is 1. The SMILES string of the molecule is COc1ccc(Cl)cc1/C(O)=C1\C(=O)C(=O)N(c2ccccc2C)C1c1c[nH]c2ccccc12. The van der Waals surface area contributed by atoms with Crippen LogP contribution < -0.4 is 9.64 Å². The van der Waals surface area contributed by atoms with Gasteiger partial charge in [0.25, 0.3) is 11.7 Å². The second-order valence-corrected chi connectivity index (χ2v) is 8.53. The molecule has 5 rings (SSSR count). The number of Topliss-reactive ketones (excluding diaryl/α,β-unsaturated/α-hetero) is 1. The predicted molar refractivity (Wildman–Crippen MR) is 132 cm³/mol. The minimum Gasteiger partial charge on any atom is -0.507 e. The highest BCUT2D eigenvalue weighted by atomic mass is 35.5. The van der Waals surface area contributed by atoms with Gasteiger partial charge in [-0.3, -0.25) is 14.5 Å². The number of carbonyl (C=O) groups excluding carboxylic acids is 2. The molecule has 1 aliphatic rings. The molecule has 2 N–H and O–H groups in total. The van der Waals surface area contributed by atoms with E-state index in [9.17, 15) is 14.7 Å². The standard InChI is InChI=1S/C27H21ClN2O4/c1-15-7-3-6-10-21(15)30-24(19-14-29-20-9-5-4-8-17(19)20)23(26(32)27(30)33)25(31)18-13-16(28)11-12-22(18)34-2/h3-14,24,29,31H,1-2H3/b25-23+. The van der Waals surface area contributed by atoms with E-state index in [0.29, 0.717) is 22.0 Å². The van der Waals surface area contributed by atoms with Gasteiger partial charge >= 0.3 is 0 Å². The zero-order valence-corrected chi connectivity index (χ0v) is 19.3. The van der Waals surface area contributed by atoms with Gasteiger partial charge in [0.2, 0.25) is 0 Å². The third-order valence-corrected chi connectivity index (χ3v) is 6.39. The molecule has 170 valence electrons. The largest absolute Gasteiger partial charge is 0.507 e. The monoisotopic (exact) mass is 472 g/mol. The minimum absolute atomic E-state index is 0.0291. The van der Waals surface area contributed by atoms with Crippen molar-refractivity contribution in [1.29, 1.82) is 0 Å². The summed E-state index contributed by atoms with van der Waals surface area (Å²) >= 11 is 6.19. The molecule has 2 heterocycles. The Morgan fingerprint density at radius 1 is 1.06 bits per heavy atom. The number of rotatable bonds is 4. The molecule has 3 aromatic carbocycles. The summed E-state index contributed by atoms with van der Waals surface area (Å²) in [5, 5.41) is 12.7. The number of hydrogen-bond donors (Lipinski definition) is 2. The number of aromatic amines is 1. The van der Waals surface area contributed by atoms with Crippen LogP contribution in [0.1, 0.15) is 22.7 Å². The number of methoxy groups -OCH3 is 1. The van der Waals surface area contributed by atoms with Crippen molar-refractivity contribution in [3.63, 3.8) is 0 Å². The Kier molecular flexibility index (Phi) is 5.38. The lowest BCUT2D eigenvalue weighted by molar-refractivity contribution is -0.132. The van der Waals surface area contributed by atoms with Crippen molar-refractivity contribution in [2.75, 3.05) is 12.0 Å². The summed E-state index contributed by atoms with van der Waals surface area (Å²) in [4.78, 5) is 31.5. The second kappa shape index (κ2) is 8.39. The summed E-state index contributed by atoms with van der Waals surface area (Å²) in [7, 11) is 1.46. The number of para-hydroxylation sites is 2. The lowest BCUT2D eigenvalue weighted by Gasteiger charge is -2.26. The van der Waals surface area contributed by atoms with Gasteiger partial charge in [0.05, 0.1) is 24.3 Å². The van der Waals surface area contributed by atoms with Crippen molar-refractivity contribution in [2.24, 2.45) is 0 Å². The van der Waals surface area contributed by atoms with Gasteiger partial charge in [0, 0.05) is 33.4 Å². The zero-order valence-electron chi connectivity index (χ0n) is 18.5. The number of aryl methyl sites for hydroxylation is 1. The van der Waals surface area contributed by atoms with Crippen molar-refractivity contribution in [3.8, 4) is 5.75 Å². The summed E-state index contributed by atoms with van der Waals surface area (Å²) in [5.41, 5.74) is 3.18. The molecule has 0 spiro atoms. The van der Waals surface area contributed by atoms with Gasteiger partial charge in [-0.05, 0) is 42.8 Å². The van der Waals surface area contributed by atoms with E-state index in [1.54, 1.807) is 24.4 Å². The number of aromatic nitrogens is 1. The van der Waals surface area contributed by atoms with Crippen molar-refractivity contribution in [1.82, 2.24) is 4.98 Å². The molecule has 1 atom stereocenters. The molecule has 34 heavy (non-hydrogen) atoms. The van der Waals surface area contributed by atoms with Gasteiger partial charge in [-0.1, -0.05) is 48.0 Å². The Bertz CT molecular complexity index is 1490. The topological polar surface area (TPSA) is 82.6 Å². The molecular weight excluding hydrogens is 452 g/mol. The van der Waals surface area contributed by atoms with Crippen molar-refractivity contribution in [2.45, 2.75) is 13.0 Å². The number of aliphatic hydroxyl groups is 1. The summed E-state index contributed by atoms with van der Waals surface area (Å²) < 4.78 is 5.40. The molecule has 1 unspecified atom stereocenters. The molecular formula is C27H21ClN2O4. The van der Waals surface area contributed by atoms with Crippen LogP contribution in [0.5, 0.6) is 5.75 Å². The first kappa shape index (κ1) is 21.8. The fourth-order valence-electron chi connectivity index (χ4n) is 4.54. The van der Waals surface area contributed by atoms with Crippen LogP contribution in [0.3, 0.4) is 0 Å². The fourth-order valence-corrected chi connectivity index (χ4v) is 4.71. The third kappa shape index (κ3) is 3.35. The highest BCUT2D eigenvalue weighted by molar-refractivity contribution is 6.52. The van der Waals surface area contributed by atoms with Gasteiger partial charge < -0.3 is 14.8 Å². The smallest absolute Gasteiger partial charge is 0.300 e. The van der Waals surface area contributed by atoms with Crippen molar-refractivity contribution < 1.29 is 19.4 Å². The average Bonchev–Trinajstić information content (AvgIpc) is 3.38. The molecule has 1 fully saturated rings. The Morgan fingerprint density at radius 2 is 1.79 bits per heavy atom. The molecule has 6 nitrogen and oxygen atoms in total. The van der Waals surface area contributed by atoms with Crippen LogP contribution in [0.4, 0.5) is 5.69 Å². The maximum atomic E-state index is 13.4. The number of nitrogens with one attached hydrogen (secondary N) is 1. The summed E-state index contributed by atoms with van der Waals surface area (Å²) in [6.07, 6.45) is 1.77. The first-order valence-corrected chi connectivity index (χ1v) is 11.1. The van der Waals surface area contributed by atoms with E-state index in [1.807, 2.05) is 49.4 Å². The van der Waals surface area contributed by atoms with Gasteiger partial charge in [0.15, 0.2) is 0 Å². The molecule has 1 aromatic heterocycles. The Morgan fingerprint density at radius 3 is 2.56 bits per heavy atom. The van der Waals surface area contributed by atoms with Crippen LogP contribution in [0.15, 0.2) is 78.5 Å². The lowest BCUT2D eigenvalue weighted by Crippen LogP contribution is -2.30. The van der Waals surface area contributed by atoms with E-state index in [4.69, 9.17) is 16.3 Å². The quantitative estimate of drug-likeness (QED) is 0.224. The fraction of sp³-hybridized carbons (Fsp3) is 0.111. The number of anilines is 1. The van der Waals surface area contributed by atoms with E-state index >= 15 is 0 Å². The summed E-state index contributed by atoms with van der Waals surface area (Å²) in [6.45, 7) is 1.88. The highest BCUT2D eigenvalue weighted by Crippen LogP contribution is 2.46. The van der Waals surface area contributed by atoms with Crippen molar-refractivity contribution in [3.05, 3.63) is 100 Å². The second-order valence-electron chi connectivity index (χ2n) is 8.09. The number of benzene rings is 3. The van der Waals surface area contributed by atoms with E-state index in [0.717, 1.165) is 16.5 Å². The predicted octanol–water partition coefficient (Wildman–Crippen LogP) is 5.76. The number of hydrogen-bond acceptors (Lipinski definition) is 4. The summed E-state index contributed by atoms with van der Waals surface area (Å²) in [5.74, 6) is -1.50. The molecule has 0 radical (unpaired) electrons. The Balaban J connectivity index is 1.83. The van der Waals surface area contributed by atoms with E-state index < -0.39 is 17.7 Å². The van der Waals surface area contributed by atoms with Gasteiger partial charge in [-0.25, -0.2) is 0 Å². The number of ether oxygens (including phenoxy) is 1. The maximum Gasteiger partial charge on any atom is 0.300 e. The van der Waals surface area contributed by atoms with E-state index in [-0.39, 0.29) is 16.9 Å². The molecule has 7 heteroatoms. The summed E-state index contributed by atoms with van der Waals surface area (Å²) in [6, 6.07) is 18.9. The minimum atomic E-state index is -0.860. The van der Waals surface area contributed by atoms with Crippen LogP contribution in [0.25, 0.3) is 16.7 Å². The first-order chi connectivity index (χ1) is 16.4. The number of halogens is 1. The molecule has 4 aromatic rings. The van der Waals surface area contributed by atoms with Crippen LogP contribution in [0.2, 0.25) is 5.02 Å². The maximum absolute atomic E-state index is 13.4. The first-order valence-electron chi connectivity index (χ1n) is 10.7. The Hall–Kier alpha value is -4.03. The number of H-pyrrole nitrogens is 1.